The molecule has 0 saturated heterocycles. The molecule has 0 spiro atoms. The fourth-order valence-corrected chi connectivity index (χ4v) is 2.60. The van der Waals surface area contributed by atoms with Crippen LogP contribution in [0.15, 0.2) is 9.98 Å². The summed E-state index contributed by atoms with van der Waals surface area (Å²) >= 11 is 2.78. The molecule has 0 aliphatic heterocycles. The summed E-state index contributed by atoms with van der Waals surface area (Å²) in [4.78, 5) is 13.1. The van der Waals surface area contributed by atoms with Gasteiger partial charge in [-0.3, -0.25) is 0 Å². The summed E-state index contributed by atoms with van der Waals surface area (Å²) in [7, 11) is 1.77. The molecule has 6 N–H and O–H groups in total. The molecule has 0 fully saturated rings. The lowest BCUT2D eigenvalue weighted by Crippen LogP contribution is -2.35. The number of nitrogens with two attached hydrogens (primary N) is 3. The van der Waals surface area contributed by atoms with Crippen LogP contribution in [0, 0.1) is 11.5 Å². The molecular formula is C9H15N9S2. The summed E-state index contributed by atoms with van der Waals surface area (Å²) in [6.07, 6.45) is 1.65. The zero-order chi connectivity index (χ0) is 15.0. The second-order valence-electron chi connectivity index (χ2n) is 3.57. The number of aromatic nitrogens is 2. The number of guanidine groups is 2. The SMILES string of the molecule is CN(CCSCc1nsc(N=C(N)N)n1)C(N)=NC#N. The largest absolute Gasteiger partial charge is 0.370 e. The summed E-state index contributed by atoms with van der Waals surface area (Å²) in [5.74, 6) is 2.31. The second kappa shape index (κ2) is 8.18. The van der Waals surface area contributed by atoms with Gasteiger partial charge in [0.1, 0.15) is 0 Å². The standard InChI is InChI=1S/C9H15N9S2/c1-18(8(13)14-5-10)2-3-19-4-6-15-9(20-17-6)16-7(11)12/h2-4H2,1H3,(H2,13,14)(H4,11,12,15,16,17). The summed E-state index contributed by atoms with van der Waals surface area (Å²) in [5, 5.41) is 8.82. The van der Waals surface area contributed by atoms with E-state index in [9.17, 15) is 0 Å². The molecule has 20 heavy (non-hydrogen) atoms. The summed E-state index contributed by atoms with van der Waals surface area (Å²) in [5.41, 5.74) is 16.1. The van der Waals surface area contributed by atoms with E-state index in [-0.39, 0.29) is 11.9 Å². The van der Waals surface area contributed by atoms with E-state index < -0.39 is 0 Å². The van der Waals surface area contributed by atoms with Crippen molar-refractivity contribution in [1.82, 2.24) is 14.3 Å². The fraction of sp³-hybridized carbons (Fsp3) is 0.444. The Bertz CT molecular complexity index is 526. The first-order valence-electron chi connectivity index (χ1n) is 5.46. The third kappa shape index (κ3) is 5.72. The van der Waals surface area contributed by atoms with Crippen LogP contribution in [0.3, 0.4) is 0 Å². The quantitative estimate of drug-likeness (QED) is 0.272. The van der Waals surface area contributed by atoms with E-state index in [1.807, 2.05) is 0 Å². The Morgan fingerprint density at radius 3 is 2.90 bits per heavy atom. The highest BCUT2D eigenvalue weighted by Crippen LogP contribution is 2.17. The van der Waals surface area contributed by atoms with E-state index in [2.05, 4.69) is 19.3 Å². The molecule has 0 amide bonds. The van der Waals surface area contributed by atoms with Gasteiger partial charge in [0, 0.05) is 30.9 Å². The minimum Gasteiger partial charge on any atom is -0.370 e. The smallest absolute Gasteiger partial charge is 0.232 e. The van der Waals surface area contributed by atoms with Crippen LogP contribution in [0.1, 0.15) is 5.82 Å². The molecule has 0 aliphatic carbocycles. The van der Waals surface area contributed by atoms with E-state index in [4.69, 9.17) is 22.5 Å². The van der Waals surface area contributed by atoms with E-state index >= 15 is 0 Å². The monoisotopic (exact) mass is 313 g/mol. The van der Waals surface area contributed by atoms with Gasteiger partial charge in [0.15, 0.2) is 11.8 Å². The van der Waals surface area contributed by atoms with Crippen LogP contribution in [-0.2, 0) is 5.75 Å². The minimum absolute atomic E-state index is 0.0331. The lowest BCUT2D eigenvalue weighted by atomic mass is 10.6. The van der Waals surface area contributed by atoms with Crippen LogP contribution >= 0.6 is 23.3 Å². The highest BCUT2D eigenvalue weighted by molar-refractivity contribution is 7.98. The molecule has 0 bridgehead atoms. The van der Waals surface area contributed by atoms with Crippen LogP contribution in [0.4, 0.5) is 5.13 Å². The van der Waals surface area contributed by atoms with Crippen molar-refractivity contribution in [2.24, 2.45) is 27.2 Å². The molecule has 1 rings (SSSR count). The predicted octanol–water partition coefficient (Wildman–Crippen LogP) is -0.596. The van der Waals surface area contributed by atoms with E-state index in [1.165, 1.54) is 0 Å². The Hall–Kier alpha value is -2.06. The zero-order valence-electron chi connectivity index (χ0n) is 10.9. The summed E-state index contributed by atoms with van der Waals surface area (Å²) in [6, 6.07) is 0. The van der Waals surface area contributed by atoms with Gasteiger partial charge in [0.25, 0.3) is 0 Å². The van der Waals surface area contributed by atoms with Gasteiger partial charge in [0.2, 0.25) is 17.3 Å². The van der Waals surface area contributed by atoms with Gasteiger partial charge in [-0.1, -0.05) is 0 Å². The third-order valence-corrected chi connectivity index (χ3v) is 3.62. The van der Waals surface area contributed by atoms with E-state index in [0.717, 1.165) is 17.3 Å². The number of rotatable bonds is 6. The van der Waals surface area contributed by atoms with E-state index in [1.54, 1.807) is 29.9 Å². The van der Waals surface area contributed by atoms with Crippen molar-refractivity contribution in [3.05, 3.63) is 5.82 Å². The van der Waals surface area contributed by atoms with Gasteiger partial charge >= 0.3 is 0 Å². The molecule has 1 aromatic heterocycles. The molecular weight excluding hydrogens is 298 g/mol. The maximum absolute atomic E-state index is 8.38. The topological polar surface area (TPSA) is 156 Å². The third-order valence-electron chi connectivity index (χ3n) is 2.04. The number of aliphatic imine (C=N–C) groups is 2. The van der Waals surface area contributed by atoms with Gasteiger partial charge in [-0.05, 0) is 0 Å². The lowest BCUT2D eigenvalue weighted by Gasteiger charge is -2.15. The molecule has 0 unspecified atom stereocenters. The maximum atomic E-state index is 8.38. The summed E-state index contributed by atoms with van der Waals surface area (Å²) in [6.45, 7) is 0.673. The highest BCUT2D eigenvalue weighted by Gasteiger charge is 2.05. The van der Waals surface area contributed by atoms with Crippen molar-refractivity contribution in [3.63, 3.8) is 0 Å². The molecule has 1 aromatic rings. The Kier molecular flexibility index (Phi) is 6.54. The first-order valence-corrected chi connectivity index (χ1v) is 7.39. The van der Waals surface area contributed by atoms with Crippen molar-refractivity contribution in [2.45, 2.75) is 5.75 Å². The zero-order valence-corrected chi connectivity index (χ0v) is 12.5. The molecule has 108 valence electrons. The van der Waals surface area contributed by atoms with Crippen LogP contribution in [0.2, 0.25) is 0 Å². The molecule has 0 saturated carbocycles. The average Bonchev–Trinajstić information content (AvgIpc) is 2.81. The van der Waals surface area contributed by atoms with Crippen LogP contribution < -0.4 is 17.2 Å². The number of hydrogen-bond donors (Lipinski definition) is 3. The number of nitrogens with zero attached hydrogens (tertiary/aromatic N) is 6. The molecule has 1 heterocycles. The molecule has 0 aromatic carbocycles. The molecule has 0 aliphatic rings. The number of nitriles is 1. The van der Waals surface area contributed by atoms with Crippen LogP contribution in [0.5, 0.6) is 0 Å². The first-order chi connectivity index (χ1) is 9.52. The van der Waals surface area contributed by atoms with Gasteiger partial charge < -0.3 is 22.1 Å². The van der Waals surface area contributed by atoms with Gasteiger partial charge in [0.05, 0.1) is 5.75 Å². The van der Waals surface area contributed by atoms with Gasteiger partial charge in [-0.2, -0.15) is 26.4 Å². The highest BCUT2D eigenvalue weighted by atomic mass is 32.2. The van der Waals surface area contributed by atoms with Gasteiger partial charge in [-0.25, -0.2) is 4.98 Å². The Morgan fingerprint density at radius 1 is 1.50 bits per heavy atom. The normalized spacial score (nSPS) is 10.9. The van der Waals surface area contributed by atoms with Crippen LogP contribution in [0.25, 0.3) is 0 Å². The number of thioether (sulfide) groups is 1. The van der Waals surface area contributed by atoms with Crippen molar-refractivity contribution < 1.29 is 0 Å². The first kappa shape index (κ1) is 16.0. The van der Waals surface area contributed by atoms with Crippen molar-refractivity contribution in [1.29, 1.82) is 5.26 Å². The van der Waals surface area contributed by atoms with Gasteiger partial charge in [-0.15, -0.1) is 4.99 Å². The maximum Gasteiger partial charge on any atom is 0.232 e. The molecule has 0 radical (unpaired) electrons. The van der Waals surface area contributed by atoms with Crippen molar-refractivity contribution >= 4 is 40.3 Å². The molecule has 9 nitrogen and oxygen atoms in total. The molecule has 0 atom stereocenters. The Labute approximate surface area is 124 Å². The Balaban J connectivity index is 2.31. The number of hydrogen-bond acceptors (Lipinski definition) is 7. The molecule has 11 heteroatoms. The fourth-order valence-electron chi connectivity index (χ4n) is 1.08. The van der Waals surface area contributed by atoms with Crippen molar-refractivity contribution in [3.8, 4) is 6.19 Å². The predicted molar refractivity (Wildman–Crippen MR) is 81.4 cm³/mol. The Morgan fingerprint density at radius 2 is 2.25 bits per heavy atom. The van der Waals surface area contributed by atoms with Crippen molar-refractivity contribution in [2.75, 3.05) is 19.3 Å². The lowest BCUT2D eigenvalue weighted by molar-refractivity contribution is 0.534. The average molecular weight is 313 g/mol. The van der Waals surface area contributed by atoms with E-state index in [0.29, 0.717) is 23.3 Å². The minimum atomic E-state index is -0.0331. The summed E-state index contributed by atoms with van der Waals surface area (Å²) < 4.78 is 4.14. The second-order valence-corrected chi connectivity index (χ2v) is 5.41. The van der Waals surface area contributed by atoms with Crippen LogP contribution in [-0.4, -0.2) is 45.5 Å².